The van der Waals surface area contributed by atoms with Gasteiger partial charge in [-0.3, -0.25) is 34.4 Å². The van der Waals surface area contributed by atoms with Crippen LogP contribution in [0.15, 0.2) is 202 Å². The SMILES string of the molecule is CC(C)(C)C1OC2C(COc3ncccc3C(=O)O)OC(n3cnc4c(NC(=O)Nc5ccccc5)ncnc43)C2O1.CC1(C)OC2C(C(=O)Nc3cccc(C(=O)O)c3)OC(n3cnc4c(NC(=O)Nc5ccccc5)ncnc43)C2O1.O=C(Nc1ccccc1)Nc1ncnc2c1ncn2C1OC(C(=O)O)C2OC(Cc3ccccc3)OC21. The highest BCUT2D eigenvalue weighted by atomic mass is 16.8. The molecule has 40 nitrogen and oxygen atoms in total. The molecule has 5 aromatic carbocycles. The molecule has 7 aromatic heterocycles. The summed E-state index contributed by atoms with van der Waals surface area (Å²) in [6.07, 6.45) is -0.434. The molecule has 0 aliphatic carbocycles. The number of imidazole rings is 3. The maximum Gasteiger partial charge on any atom is 0.341 e. The van der Waals surface area contributed by atoms with E-state index in [9.17, 15) is 48.9 Å². The first-order chi connectivity index (χ1) is 57.9. The van der Waals surface area contributed by atoms with Crippen LogP contribution in [-0.2, 0) is 58.6 Å². The molecular weight excluding hydrogens is 1560 g/mol. The molecule has 13 heterocycles. The molecule has 6 saturated heterocycles. The Labute approximate surface area is 679 Å². The van der Waals surface area contributed by atoms with E-state index in [0.717, 1.165) is 5.56 Å². The highest BCUT2D eigenvalue weighted by Gasteiger charge is 2.60. The highest BCUT2D eigenvalue weighted by molar-refractivity contribution is 6.05. The zero-order valence-corrected chi connectivity index (χ0v) is 64.1. The summed E-state index contributed by atoms with van der Waals surface area (Å²) in [4.78, 5) is 129. The topological polar surface area (TPSA) is 500 Å². The quantitative estimate of drug-likeness (QED) is 0.0360. The zero-order chi connectivity index (χ0) is 83.5. The Hall–Kier alpha value is -14.0. The van der Waals surface area contributed by atoms with Gasteiger partial charge in [-0.15, -0.1) is 0 Å². The van der Waals surface area contributed by atoms with E-state index in [0.29, 0.717) is 62.7 Å². The number of pyridine rings is 1. The van der Waals surface area contributed by atoms with Crippen molar-refractivity contribution >= 4 is 116 Å². The molecule has 14 atom stereocenters. The minimum atomic E-state index is -1.23. The molecule has 0 bridgehead atoms. The van der Waals surface area contributed by atoms with Crippen molar-refractivity contribution in [3.05, 3.63) is 219 Å². The Morgan fingerprint density at radius 3 is 1.40 bits per heavy atom. The number of benzene rings is 5. The second-order valence-electron chi connectivity index (χ2n) is 29.4. The van der Waals surface area contributed by atoms with E-state index in [1.807, 2.05) is 81.4 Å². The predicted octanol–water partition coefficient (Wildman–Crippen LogP) is 9.73. The predicted molar refractivity (Wildman–Crippen MR) is 422 cm³/mol. The average molecular weight is 1640 g/mol. The largest absolute Gasteiger partial charge is 0.479 e. The summed E-state index contributed by atoms with van der Waals surface area (Å²) in [6.45, 7) is 9.44. The molecule has 14 unspecified atom stereocenters. The first-order valence-corrected chi connectivity index (χ1v) is 37.5. The molecule has 6 fully saturated rings. The Morgan fingerprint density at radius 1 is 0.442 bits per heavy atom. The first-order valence-electron chi connectivity index (χ1n) is 37.5. The molecular formula is C80H76N20O20. The Morgan fingerprint density at radius 2 is 0.900 bits per heavy atom. The number of fused-ring (bicyclic) bond motifs is 6. The monoisotopic (exact) mass is 1640 g/mol. The van der Waals surface area contributed by atoms with Gasteiger partial charge < -0.3 is 84.0 Å². The normalized spacial score (nSPS) is 23.5. The van der Waals surface area contributed by atoms with Crippen LogP contribution in [-0.4, -0.2) is 201 Å². The summed E-state index contributed by atoms with van der Waals surface area (Å²) in [6, 6.07) is 43.9. The lowest BCUT2D eigenvalue weighted by molar-refractivity contribution is -0.196. The maximum absolute atomic E-state index is 13.3. The molecule has 120 heavy (non-hydrogen) atoms. The average Bonchev–Trinajstić information content (AvgIpc) is 1.61. The molecule has 12 aromatic rings. The van der Waals surface area contributed by atoms with Crippen LogP contribution in [0.3, 0.4) is 0 Å². The van der Waals surface area contributed by atoms with Gasteiger partial charge in [-0.25, -0.2) is 78.6 Å². The summed E-state index contributed by atoms with van der Waals surface area (Å²) in [7, 11) is 0. The second-order valence-corrected chi connectivity index (χ2v) is 29.4. The summed E-state index contributed by atoms with van der Waals surface area (Å²) in [5.41, 5.74) is 4.82. The van der Waals surface area contributed by atoms with Crippen molar-refractivity contribution < 1.29 is 96.2 Å². The number of aliphatic carboxylic acids is 1. The third kappa shape index (κ3) is 17.2. The van der Waals surface area contributed by atoms with E-state index in [1.54, 1.807) is 101 Å². The number of hydrogen-bond donors (Lipinski definition) is 10. The van der Waals surface area contributed by atoms with Gasteiger partial charge in [0, 0.05) is 40.8 Å². The van der Waals surface area contributed by atoms with E-state index in [4.69, 9.17) is 47.4 Å². The van der Waals surface area contributed by atoms with Crippen molar-refractivity contribution in [2.75, 3.05) is 43.8 Å². The highest BCUT2D eigenvalue weighted by Crippen LogP contribution is 2.47. The maximum atomic E-state index is 13.3. The fourth-order valence-corrected chi connectivity index (χ4v) is 14.3. The molecule has 18 rings (SSSR count). The molecule has 6 aliphatic rings. The van der Waals surface area contributed by atoms with Crippen molar-refractivity contribution in [3.63, 3.8) is 0 Å². The lowest BCUT2D eigenvalue weighted by Gasteiger charge is -2.28. The van der Waals surface area contributed by atoms with Crippen LogP contribution in [0.25, 0.3) is 33.5 Å². The molecule has 6 aliphatic heterocycles. The number of aromatic carboxylic acids is 2. The third-order valence-electron chi connectivity index (χ3n) is 19.6. The number of aromatic nitrogens is 13. The standard InChI is InChI=1S/C28H29N7O7.C27H25N7O7.C25H22N6O6/c1-28(2,3)26-41-19-17(12-39-23-16(25(36)37)10-7-11-29-23)40-24(20(19)42-26)35-14-32-18-21(30-13-31-22(18)35)34-27(38)33-15-8-5-4-6-9-15;1-27(2)40-18-19(23(35)31-16-10-6-7-14(11-16)25(36)37)39-24(20(18)41-27)34-13-30-17-21(28-12-29-22(17)34)33-26(38)32-15-8-4-3-5-9-15;32-24(33)20-18-19(36-16(35-18)11-14-7-3-1-4-8-14)23(37-20)31-13-28-17-21(26-12-27-22(17)31)30-25(34)29-15-9-5-2-6-10-15/h4-11,13-14,17,19-20,24,26H,12H2,1-3H3,(H,36,37)(H2,30,31,33,34,38);3-13,18-20,24H,1-2H3,(H,31,35)(H,36,37)(H2,28,29,32,33,38);1-10,12-13,16,18-20,23H,11H2,(H,32,33)(H2,26,27,29,30,34). The van der Waals surface area contributed by atoms with Gasteiger partial charge in [0.15, 0.2) is 100 Å². The van der Waals surface area contributed by atoms with Gasteiger partial charge in [0.1, 0.15) is 73.9 Å². The number of anilines is 7. The van der Waals surface area contributed by atoms with Crippen molar-refractivity contribution in [1.29, 1.82) is 0 Å². The smallest absolute Gasteiger partial charge is 0.341 e. The molecule has 616 valence electrons. The fourth-order valence-electron chi connectivity index (χ4n) is 14.3. The molecule has 10 N–H and O–H groups in total. The second kappa shape index (κ2) is 33.9. The van der Waals surface area contributed by atoms with Gasteiger partial charge in [0.2, 0.25) is 5.88 Å². The van der Waals surface area contributed by atoms with Gasteiger partial charge in [-0.1, -0.05) is 112 Å². The van der Waals surface area contributed by atoms with Gasteiger partial charge in [-0.2, -0.15) is 0 Å². The van der Waals surface area contributed by atoms with Crippen LogP contribution in [0, 0.1) is 5.41 Å². The third-order valence-corrected chi connectivity index (χ3v) is 19.6. The molecule has 0 radical (unpaired) electrons. The lowest BCUT2D eigenvalue weighted by Crippen LogP contribution is -2.39. The number of ether oxygens (including phenoxy) is 10. The number of nitrogens with one attached hydrogen (secondary N) is 7. The van der Waals surface area contributed by atoms with E-state index in [1.165, 1.54) is 68.2 Å². The van der Waals surface area contributed by atoms with Crippen LogP contribution >= 0.6 is 0 Å². The van der Waals surface area contributed by atoms with Crippen molar-refractivity contribution in [1.82, 2.24) is 63.5 Å². The Balaban J connectivity index is 0.000000134. The fraction of sp³-hybridized carbons (Fsp3) is 0.287. The molecule has 7 amide bonds. The summed E-state index contributed by atoms with van der Waals surface area (Å²) in [5.74, 6) is -4.41. The zero-order valence-electron chi connectivity index (χ0n) is 64.1. The minimum Gasteiger partial charge on any atom is -0.479 e. The summed E-state index contributed by atoms with van der Waals surface area (Å²) < 4.78 is 66.0. The number of nitrogens with zero attached hydrogens (tertiary/aromatic N) is 13. The number of carbonyl (C=O) groups excluding carboxylic acids is 4. The van der Waals surface area contributed by atoms with Crippen molar-refractivity contribution in [2.24, 2.45) is 5.41 Å². The Bertz CT molecular complexity index is 5790. The number of hydrogen-bond acceptors (Lipinski definition) is 27. The minimum absolute atomic E-state index is 0.0230. The Kier molecular flexibility index (Phi) is 22.6. The molecule has 0 spiro atoms. The number of para-hydroxylation sites is 3. The van der Waals surface area contributed by atoms with Crippen LogP contribution in [0.1, 0.15) is 79.6 Å². The number of urea groups is 3. The lowest BCUT2D eigenvalue weighted by atomic mass is 9.96. The molecule has 0 saturated carbocycles. The van der Waals surface area contributed by atoms with Gasteiger partial charge >= 0.3 is 36.0 Å². The summed E-state index contributed by atoms with van der Waals surface area (Å²) >= 11 is 0. The number of carboxylic acid groups (broad SMARTS) is 3. The van der Waals surface area contributed by atoms with Gasteiger partial charge in [0.05, 0.1) is 24.5 Å². The first kappa shape index (κ1) is 79.8. The number of rotatable bonds is 19. The van der Waals surface area contributed by atoms with Gasteiger partial charge in [-0.05, 0) is 86.1 Å². The van der Waals surface area contributed by atoms with Crippen molar-refractivity contribution in [2.45, 2.75) is 133 Å². The van der Waals surface area contributed by atoms with Crippen LogP contribution < -0.4 is 42.0 Å². The van der Waals surface area contributed by atoms with Crippen LogP contribution in [0.2, 0.25) is 0 Å². The van der Waals surface area contributed by atoms with Crippen LogP contribution in [0.5, 0.6) is 5.88 Å². The van der Waals surface area contributed by atoms with E-state index >= 15 is 0 Å². The van der Waals surface area contributed by atoms with Crippen molar-refractivity contribution in [3.8, 4) is 5.88 Å². The number of carbonyl (C=O) groups is 7. The summed E-state index contributed by atoms with van der Waals surface area (Å²) in [5, 5.41) is 47.5. The van der Waals surface area contributed by atoms with E-state index < -0.39 is 134 Å². The number of amides is 7. The van der Waals surface area contributed by atoms with E-state index in [2.05, 4.69) is 87.1 Å². The van der Waals surface area contributed by atoms with Gasteiger partial charge in [0.25, 0.3) is 5.91 Å². The van der Waals surface area contributed by atoms with E-state index in [-0.39, 0.29) is 46.5 Å². The number of carboxylic acids is 3. The molecule has 40 heteroatoms. The van der Waals surface area contributed by atoms with Crippen LogP contribution in [0.4, 0.5) is 54.6 Å².